The van der Waals surface area contributed by atoms with E-state index in [1.165, 1.54) is 30.5 Å². The number of urea groups is 1. The molecule has 26 heavy (non-hydrogen) atoms. The lowest BCUT2D eigenvalue weighted by atomic mass is 10.3. The van der Waals surface area contributed by atoms with Gasteiger partial charge in [-0.3, -0.25) is 14.4 Å². The first kappa shape index (κ1) is 19.3. The summed E-state index contributed by atoms with van der Waals surface area (Å²) in [6, 6.07) is 14.2. The summed E-state index contributed by atoms with van der Waals surface area (Å²) < 4.78 is 26.7. The van der Waals surface area contributed by atoms with Gasteiger partial charge in [-0.25, -0.2) is 13.2 Å². The highest BCUT2D eigenvalue weighted by Crippen LogP contribution is 2.23. The molecule has 0 aliphatic rings. The van der Waals surface area contributed by atoms with Crippen molar-refractivity contribution in [3.63, 3.8) is 0 Å². The zero-order chi connectivity index (χ0) is 19.2. The Balaban J connectivity index is 2.13. The summed E-state index contributed by atoms with van der Waals surface area (Å²) in [5.74, 6) is -0.543. The van der Waals surface area contributed by atoms with Crippen molar-refractivity contribution in [3.8, 4) is 0 Å². The van der Waals surface area contributed by atoms with Gasteiger partial charge >= 0.3 is 6.03 Å². The number of imide groups is 1. The Morgan fingerprint density at radius 3 is 2.38 bits per heavy atom. The highest BCUT2D eigenvalue weighted by atomic mass is 32.2. The predicted octanol–water partition coefficient (Wildman–Crippen LogP) is 1.38. The van der Waals surface area contributed by atoms with Crippen LogP contribution in [0.3, 0.4) is 0 Å². The Kier molecular flexibility index (Phi) is 6.18. The molecule has 0 saturated carbocycles. The van der Waals surface area contributed by atoms with Gasteiger partial charge in [-0.05, 0) is 30.3 Å². The number of para-hydroxylation sites is 1. The lowest BCUT2D eigenvalue weighted by Gasteiger charge is -2.20. The van der Waals surface area contributed by atoms with Gasteiger partial charge in [0, 0.05) is 19.8 Å². The number of amides is 3. The van der Waals surface area contributed by atoms with Crippen molar-refractivity contribution in [2.75, 3.05) is 30.3 Å². The van der Waals surface area contributed by atoms with E-state index in [1.807, 2.05) is 0 Å². The molecule has 0 aliphatic carbocycles. The van der Waals surface area contributed by atoms with Crippen molar-refractivity contribution in [1.29, 1.82) is 0 Å². The van der Waals surface area contributed by atoms with E-state index < -0.39 is 22.0 Å². The first-order chi connectivity index (χ1) is 12.3. The second kappa shape index (κ2) is 8.34. The molecule has 0 fully saturated rings. The summed E-state index contributed by atoms with van der Waals surface area (Å²) in [5, 5.41) is 7.16. The lowest BCUT2D eigenvalue weighted by Crippen LogP contribution is -2.40. The molecule has 0 heterocycles. The van der Waals surface area contributed by atoms with Crippen LogP contribution in [0.4, 0.5) is 16.2 Å². The Bertz CT molecular complexity index is 885. The second-order valence-corrected chi connectivity index (χ2v) is 7.29. The van der Waals surface area contributed by atoms with Gasteiger partial charge < -0.3 is 10.6 Å². The van der Waals surface area contributed by atoms with Crippen LogP contribution in [-0.2, 0) is 14.8 Å². The minimum atomic E-state index is -3.75. The molecule has 0 aliphatic heterocycles. The lowest BCUT2D eigenvalue weighted by molar-refractivity contribution is -0.118. The van der Waals surface area contributed by atoms with Gasteiger partial charge in [0.05, 0.1) is 17.1 Å². The number of benzene rings is 2. The van der Waals surface area contributed by atoms with Gasteiger partial charge in [0.25, 0.3) is 10.0 Å². The molecule has 0 spiro atoms. The van der Waals surface area contributed by atoms with Gasteiger partial charge in [0.1, 0.15) is 0 Å². The quantitative estimate of drug-likeness (QED) is 0.706. The smallest absolute Gasteiger partial charge is 0.321 e. The van der Waals surface area contributed by atoms with E-state index in [4.69, 9.17) is 0 Å². The van der Waals surface area contributed by atoms with E-state index >= 15 is 0 Å². The average molecular weight is 376 g/mol. The number of hydrogen-bond acceptors (Lipinski definition) is 5. The molecule has 0 aromatic heterocycles. The molecular formula is C17H20N4O4S. The fourth-order valence-electron chi connectivity index (χ4n) is 2.12. The highest BCUT2D eigenvalue weighted by Gasteiger charge is 2.21. The van der Waals surface area contributed by atoms with Crippen LogP contribution in [0, 0.1) is 0 Å². The van der Waals surface area contributed by atoms with E-state index in [1.54, 1.807) is 42.5 Å². The second-order valence-electron chi connectivity index (χ2n) is 5.32. The molecule has 0 bridgehead atoms. The van der Waals surface area contributed by atoms with E-state index in [2.05, 4.69) is 16.0 Å². The summed E-state index contributed by atoms with van der Waals surface area (Å²) in [6.45, 7) is -0.175. The van der Waals surface area contributed by atoms with Gasteiger partial charge in [0.2, 0.25) is 5.91 Å². The Labute approximate surface area is 152 Å². The van der Waals surface area contributed by atoms with Crippen LogP contribution >= 0.6 is 0 Å². The zero-order valence-corrected chi connectivity index (χ0v) is 15.2. The standard InChI is InChI=1S/C17H20N4O4S/c1-18-17(23)20-16(22)12-19-13-7-6-10-15(11-13)26(24,25)21(2)14-8-4-3-5-9-14/h3-11,19H,12H2,1-2H3,(H2,18,20,22,23). The van der Waals surface area contributed by atoms with Crippen LogP contribution < -0.4 is 20.3 Å². The van der Waals surface area contributed by atoms with Crippen LogP contribution in [-0.4, -0.2) is 41.0 Å². The largest absolute Gasteiger partial charge is 0.376 e. The van der Waals surface area contributed by atoms with Crippen molar-refractivity contribution >= 4 is 33.3 Å². The number of nitrogens with zero attached hydrogens (tertiary/aromatic N) is 1. The molecule has 0 unspecified atom stereocenters. The number of carbonyl (C=O) groups excluding carboxylic acids is 2. The molecule has 8 nitrogen and oxygen atoms in total. The maximum absolute atomic E-state index is 12.8. The predicted molar refractivity (Wildman–Crippen MR) is 99.6 cm³/mol. The van der Waals surface area contributed by atoms with Crippen LogP contribution in [0.15, 0.2) is 59.5 Å². The molecule has 3 N–H and O–H groups in total. The van der Waals surface area contributed by atoms with Crippen molar-refractivity contribution in [1.82, 2.24) is 10.6 Å². The van der Waals surface area contributed by atoms with E-state index in [0.717, 1.165) is 0 Å². The molecule has 2 aromatic carbocycles. The summed E-state index contributed by atoms with van der Waals surface area (Å²) >= 11 is 0. The first-order valence-electron chi connectivity index (χ1n) is 7.74. The summed E-state index contributed by atoms with van der Waals surface area (Å²) in [4.78, 5) is 22.8. The molecule has 0 saturated heterocycles. The minimum Gasteiger partial charge on any atom is -0.376 e. The fraction of sp³-hybridized carbons (Fsp3) is 0.176. The third kappa shape index (κ3) is 4.73. The Hall–Kier alpha value is -3.07. The topological polar surface area (TPSA) is 108 Å². The van der Waals surface area contributed by atoms with Crippen molar-refractivity contribution in [2.24, 2.45) is 0 Å². The highest BCUT2D eigenvalue weighted by molar-refractivity contribution is 7.92. The maximum atomic E-state index is 12.8. The molecule has 2 aromatic rings. The van der Waals surface area contributed by atoms with Crippen LogP contribution in [0.5, 0.6) is 0 Å². The first-order valence-corrected chi connectivity index (χ1v) is 9.18. The molecule has 138 valence electrons. The van der Waals surface area contributed by atoms with E-state index in [9.17, 15) is 18.0 Å². The molecule has 2 rings (SSSR count). The van der Waals surface area contributed by atoms with Gasteiger partial charge in [-0.15, -0.1) is 0 Å². The number of sulfonamides is 1. The fourth-order valence-corrected chi connectivity index (χ4v) is 3.36. The molecule has 0 radical (unpaired) electrons. The SMILES string of the molecule is CNC(=O)NC(=O)CNc1cccc(S(=O)(=O)N(C)c2ccccc2)c1. The normalized spacial score (nSPS) is 10.7. The molecule has 0 atom stereocenters. The van der Waals surface area contributed by atoms with E-state index in [0.29, 0.717) is 11.4 Å². The summed E-state index contributed by atoms with van der Waals surface area (Å²) in [6.07, 6.45) is 0. The van der Waals surface area contributed by atoms with Crippen molar-refractivity contribution < 1.29 is 18.0 Å². The third-order valence-electron chi connectivity index (χ3n) is 3.55. The molecular weight excluding hydrogens is 356 g/mol. The maximum Gasteiger partial charge on any atom is 0.321 e. The van der Waals surface area contributed by atoms with Crippen LogP contribution in [0.25, 0.3) is 0 Å². The zero-order valence-electron chi connectivity index (χ0n) is 14.4. The van der Waals surface area contributed by atoms with Gasteiger partial charge in [0.15, 0.2) is 0 Å². The third-order valence-corrected chi connectivity index (χ3v) is 5.33. The van der Waals surface area contributed by atoms with Crippen LogP contribution in [0.2, 0.25) is 0 Å². The van der Waals surface area contributed by atoms with Crippen LogP contribution in [0.1, 0.15) is 0 Å². The number of anilines is 2. The Morgan fingerprint density at radius 2 is 1.73 bits per heavy atom. The van der Waals surface area contributed by atoms with E-state index in [-0.39, 0.29) is 11.4 Å². The number of rotatable bonds is 6. The van der Waals surface area contributed by atoms with Crippen molar-refractivity contribution in [3.05, 3.63) is 54.6 Å². The van der Waals surface area contributed by atoms with Crippen molar-refractivity contribution in [2.45, 2.75) is 4.90 Å². The monoisotopic (exact) mass is 376 g/mol. The van der Waals surface area contributed by atoms with Gasteiger partial charge in [-0.1, -0.05) is 24.3 Å². The summed E-state index contributed by atoms with van der Waals surface area (Å²) in [5.41, 5.74) is 0.982. The minimum absolute atomic E-state index is 0.0839. The molecule has 9 heteroatoms. The number of hydrogen-bond donors (Lipinski definition) is 3. The summed E-state index contributed by atoms with van der Waals surface area (Å²) in [7, 11) is -0.877. The number of nitrogens with one attached hydrogen (secondary N) is 3. The Morgan fingerprint density at radius 1 is 1.04 bits per heavy atom. The number of carbonyl (C=O) groups is 2. The average Bonchev–Trinajstić information content (AvgIpc) is 2.66. The molecule has 3 amide bonds. The van der Waals surface area contributed by atoms with Gasteiger partial charge in [-0.2, -0.15) is 0 Å².